The molecule has 0 spiro atoms. The Morgan fingerprint density at radius 1 is 1.50 bits per heavy atom. The normalized spacial score (nSPS) is 10.8. The summed E-state index contributed by atoms with van der Waals surface area (Å²) in [6.45, 7) is 2.72. The fourth-order valence-corrected chi connectivity index (χ4v) is 2.15. The average Bonchev–Trinajstić information content (AvgIpc) is 3.02. The summed E-state index contributed by atoms with van der Waals surface area (Å²) in [5.74, 6) is 1.06. The first-order chi connectivity index (χ1) is 9.69. The van der Waals surface area contributed by atoms with Gasteiger partial charge in [-0.15, -0.1) is 5.10 Å². The molecule has 20 heavy (non-hydrogen) atoms. The van der Waals surface area contributed by atoms with E-state index in [1.54, 1.807) is 29.6 Å². The zero-order chi connectivity index (χ0) is 14.5. The maximum absolute atomic E-state index is 12.0. The van der Waals surface area contributed by atoms with E-state index in [1.807, 2.05) is 24.1 Å². The van der Waals surface area contributed by atoms with Crippen LogP contribution in [0.5, 0.6) is 0 Å². The maximum Gasteiger partial charge on any atom is 0.361 e. The van der Waals surface area contributed by atoms with E-state index in [4.69, 9.17) is 4.74 Å². The molecule has 0 radical (unpaired) electrons. The van der Waals surface area contributed by atoms with Gasteiger partial charge in [0, 0.05) is 25.2 Å². The number of carbonyl (C=O) groups is 1. The van der Waals surface area contributed by atoms with Crippen LogP contribution in [0.15, 0.2) is 12.4 Å². The van der Waals surface area contributed by atoms with Crippen molar-refractivity contribution in [2.75, 3.05) is 18.6 Å². The molecule has 0 bridgehead atoms. The Balaban J connectivity index is 2.45. The first-order valence-electron chi connectivity index (χ1n) is 6.26. The predicted octanol–water partition coefficient (Wildman–Crippen LogP) is 1.22. The Labute approximate surface area is 121 Å². The number of esters is 1. The maximum atomic E-state index is 12.0. The van der Waals surface area contributed by atoms with Crippen molar-refractivity contribution in [3.8, 4) is 11.5 Å². The van der Waals surface area contributed by atoms with Crippen molar-refractivity contribution in [1.29, 1.82) is 0 Å². The third-order valence-corrected chi connectivity index (χ3v) is 3.33. The topological polar surface area (TPSA) is 74.8 Å². The van der Waals surface area contributed by atoms with Crippen LogP contribution in [0.25, 0.3) is 11.5 Å². The van der Waals surface area contributed by atoms with Crippen molar-refractivity contribution < 1.29 is 9.53 Å². The zero-order valence-electron chi connectivity index (χ0n) is 11.7. The number of rotatable bonds is 6. The highest BCUT2D eigenvalue weighted by molar-refractivity contribution is 7.98. The van der Waals surface area contributed by atoms with Gasteiger partial charge in [0.2, 0.25) is 5.69 Å². The summed E-state index contributed by atoms with van der Waals surface area (Å²) in [4.78, 5) is 16.3. The van der Waals surface area contributed by atoms with Gasteiger partial charge in [-0.3, -0.25) is 0 Å². The third-order valence-electron chi connectivity index (χ3n) is 2.74. The Morgan fingerprint density at radius 2 is 2.30 bits per heavy atom. The first-order valence-corrected chi connectivity index (χ1v) is 7.65. The molecule has 7 nitrogen and oxygen atoms in total. The zero-order valence-corrected chi connectivity index (χ0v) is 12.6. The highest BCUT2D eigenvalue weighted by atomic mass is 32.2. The van der Waals surface area contributed by atoms with E-state index in [0.717, 1.165) is 5.75 Å². The van der Waals surface area contributed by atoms with E-state index in [1.165, 1.54) is 0 Å². The standard InChI is InChI=1S/C12H17N5O2S/c1-4-19-12(18)9-10(11-13-5-6-16(11)2)17(15-14-9)7-8-20-3/h5-6H,4,7-8H2,1-3H3. The third kappa shape index (κ3) is 2.84. The summed E-state index contributed by atoms with van der Waals surface area (Å²) in [7, 11) is 1.86. The van der Waals surface area contributed by atoms with Crippen LogP contribution in [0.1, 0.15) is 17.4 Å². The van der Waals surface area contributed by atoms with Crippen LogP contribution >= 0.6 is 11.8 Å². The van der Waals surface area contributed by atoms with Crippen LogP contribution in [-0.2, 0) is 18.3 Å². The number of thioether (sulfide) groups is 1. The van der Waals surface area contributed by atoms with Crippen molar-refractivity contribution >= 4 is 17.7 Å². The Bertz CT molecular complexity index is 592. The van der Waals surface area contributed by atoms with Crippen molar-refractivity contribution in [2.24, 2.45) is 7.05 Å². The van der Waals surface area contributed by atoms with Gasteiger partial charge in [-0.25, -0.2) is 14.5 Å². The van der Waals surface area contributed by atoms with E-state index >= 15 is 0 Å². The van der Waals surface area contributed by atoms with Gasteiger partial charge in [0.05, 0.1) is 13.2 Å². The molecule has 0 atom stereocenters. The van der Waals surface area contributed by atoms with E-state index < -0.39 is 5.97 Å². The molecule has 0 aromatic carbocycles. The molecule has 8 heteroatoms. The fourth-order valence-electron chi connectivity index (χ4n) is 1.80. The Kier molecular flexibility index (Phi) is 4.78. The number of hydrogen-bond donors (Lipinski definition) is 0. The number of carbonyl (C=O) groups excluding carboxylic acids is 1. The molecule has 108 valence electrons. The van der Waals surface area contributed by atoms with Gasteiger partial charge >= 0.3 is 5.97 Å². The molecule has 0 amide bonds. The van der Waals surface area contributed by atoms with Crippen molar-refractivity contribution in [3.63, 3.8) is 0 Å². The van der Waals surface area contributed by atoms with E-state index in [0.29, 0.717) is 24.7 Å². The summed E-state index contributed by atoms with van der Waals surface area (Å²) in [6, 6.07) is 0. The number of imidazole rings is 1. The lowest BCUT2D eigenvalue weighted by Gasteiger charge is -2.07. The molecular weight excluding hydrogens is 278 g/mol. The van der Waals surface area contributed by atoms with Crippen molar-refractivity contribution in [3.05, 3.63) is 18.1 Å². The average molecular weight is 295 g/mol. The van der Waals surface area contributed by atoms with Crippen LogP contribution in [0.4, 0.5) is 0 Å². The first kappa shape index (κ1) is 14.6. The summed E-state index contributed by atoms with van der Waals surface area (Å²) < 4.78 is 8.56. The van der Waals surface area contributed by atoms with Crippen molar-refractivity contribution in [1.82, 2.24) is 24.5 Å². The van der Waals surface area contributed by atoms with Crippen LogP contribution in [0, 0.1) is 0 Å². The highest BCUT2D eigenvalue weighted by Crippen LogP contribution is 2.21. The molecule has 0 unspecified atom stereocenters. The second kappa shape index (κ2) is 6.56. The summed E-state index contributed by atoms with van der Waals surface area (Å²) in [5.41, 5.74) is 0.812. The lowest BCUT2D eigenvalue weighted by Crippen LogP contribution is -2.11. The summed E-state index contributed by atoms with van der Waals surface area (Å²) >= 11 is 1.70. The van der Waals surface area contributed by atoms with Crippen LogP contribution in [0.3, 0.4) is 0 Å². The molecule has 2 heterocycles. The molecule has 0 saturated carbocycles. The summed E-state index contributed by atoms with van der Waals surface area (Å²) in [6.07, 6.45) is 5.51. The minimum absolute atomic E-state index is 0.210. The van der Waals surface area contributed by atoms with Gasteiger partial charge < -0.3 is 9.30 Å². The van der Waals surface area contributed by atoms with E-state index in [2.05, 4.69) is 15.3 Å². The lowest BCUT2D eigenvalue weighted by molar-refractivity contribution is 0.0520. The van der Waals surface area contributed by atoms with E-state index in [9.17, 15) is 4.79 Å². The quantitative estimate of drug-likeness (QED) is 0.746. The Hall–Kier alpha value is -1.83. The molecule has 0 N–H and O–H groups in total. The molecule has 0 aliphatic rings. The number of aromatic nitrogens is 5. The van der Waals surface area contributed by atoms with Gasteiger partial charge in [0.25, 0.3) is 0 Å². The number of aryl methyl sites for hydroxylation is 2. The largest absolute Gasteiger partial charge is 0.461 e. The fraction of sp³-hybridized carbons (Fsp3) is 0.500. The number of ether oxygens (including phenoxy) is 1. The second-order valence-electron chi connectivity index (χ2n) is 4.08. The molecule has 0 aliphatic carbocycles. The van der Waals surface area contributed by atoms with Gasteiger partial charge in [-0.1, -0.05) is 5.21 Å². The highest BCUT2D eigenvalue weighted by Gasteiger charge is 2.24. The molecule has 0 aliphatic heterocycles. The number of hydrogen-bond acceptors (Lipinski definition) is 6. The Morgan fingerprint density at radius 3 is 2.90 bits per heavy atom. The molecule has 0 fully saturated rings. The second-order valence-corrected chi connectivity index (χ2v) is 5.07. The number of nitrogens with zero attached hydrogens (tertiary/aromatic N) is 5. The minimum atomic E-state index is -0.471. The molecular formula is C12H17N5O2S. The van der Waals surface area contributed by atoms with Crippen LogP contribution in [0.2, 0.25) is 0 Å². The smallest absolute Gasteiger partial charge is 0.361 e. The van der Waals surface area contributed by atoms with Crippen LogP contribution < -0.4 is 0 Å². The van der Waals surface area contributed by atoms with E-state index in [-0.39, 0.29) is 5.69 Å². The van der Waals surface area contributed by atoms with Crippen molar-refractivity contribution in [2.45, 2.75) is 13.5 Å². The molecule has 2 rings (SSSR count). The summed E-state index contributed by atoms with van der Waals surface area (Å²) in [5, 5.41) is 8.01. The van der Waals surface area contributed by atoms with Gasteiger partial charge in [0.1, 0.15) is 5.69 Å². The monoisotopic (exact) mass is 295 g/mol. The predicted molar refractivity (Wildman–Crippen MR) is 76.6 cm³/mol. The SMILES string of the molecule is CCOC(=O)c1nnn(CCSC)c1-c1nccn1C. The van der Waals surface area contributed by atoms with Gasteiger partial charge in [0.15, 0.2) is 5.82 Å². The van der Waals surface area contributed by atoms with Gasteiger partial charge in [-0.05, 0) is 13.2 Å². The molecule has 2 aromatic rings. The minimum Gasteiger partial charge on any atom is -0.461 e. The van der Waals surface area contributed by atoms with Crippen LogP contribution in [-0.4, -0.2) is 49.1 Å². The lowest BCUT2D eigenvalue weighted by atomic mass is 10.3. The van der Waals surface area contributed by atoms with Gasteiger partial charge in [-0.2, -0.15) is 11.8 Å². The molecule has 2 aromatic heterocycles. The molecule has 0 saturated heterocycles.